The van der Waals surface area contributed by atoms with E-state index in [9.17, 15) is 4.79 Å². The number of nitrogens with zero attached hydrogens (tertiary/aromatic N) is 4. The molecular weight excluding hydrogens is 268 g/mol. The van der Waals surface area contributed by atoms with Crippen molar-refractivity contribution in [3.8, 4) is 0 Å². The highest BCUT2D eigenvalue weighted by atomic mass is 32.2. The molecule has 2 heterocycles. The Kier molecular flexibility index (Phi) is 4.31. The second-order valence-corrected chi connectivity index (χ2v) is 5.61. The van der Waals surface area contributed by atoms with Crippen LogP contribution >= 0.6 is 11.8 Å². The van der Waals surface area contributed by atoms with Gasteiger partial charge in [-0.15, -0.1) is 10.2 Å². The minimum absolute atomic E-state index is 0.0129. The molecule has 0 bridgehead atoms. The van der Waals surface area contributed by atoms with E-state index in [-0.39, 0.29) is 17.9 Å². The zero-order chi connectivity index (χ0) is 14.0. The Morgan fingerprint density at radius 1 is 1.53 bits per heavy atom. The summed E-state index contributed by atoms with van der Waals surface area (Å²) in [6.07, 6.45) is 0.156. The minimum atomic E-state index is -0.858. The Morgan fingerprint density at radius 3 is 2.95 bits per heavy atom. The van der Waals surface area contributed by atoms with E-state index >= 15 is 0 Å². The fraction of sp³-hybridized carbons (Fsp3) is 0.727. The van der Waals surface area contributed by atoms with E-state index < -0.39 is 5.97 Å². The Hall–Kier alpha value is -1.28. The summed E-state index contributed by atoms with van der Waals surface area (Å²) in [5.41, 5.74) is 0. The van der Waals surface area contributed by atoms with Crippen LogP contribution in [-0.4, -0.2) is 56.9 Å². The number of carboxylic acids is 1. The first-order valence-electron chi connectivity index (χ1n) is 6.11. The van der Waals surface area contributed by atoms with Crippen LogP contribution in [0.4, 0.5) is 5.95 Å². The number of rotatable bonds is 4. The van der Waals surface area contributed by atoms with Gasteiger partial charge in [-0.05, 0) is 13.8 Å². The van der Waals surface area contributed by atoms with Crippen LogP contribution in [0.5, 0.6) is 0 Å². The summed E-state index contributed by atoms with van der Waals surface area (Å²) >= 11 is 1.17. The number of aliphatic carboxylic acids is 1. The molecule has 2 unspecified atom stereocenters. The normalized spacial score (nSPS) is 23.6. The average Bonchev–Trinajstić information content (AvgIpc) is 2.71. The van der Waals surface area contributed by atoms with Gasteiger partial charge in [-0.1, -0.05) is 11.8 Å². The van der Waals surface area contributed by atoms with Crippen LogP contribution in [0.25, 0.3) is 0 Å². The molecule has 7 nitrogen and oxygen atoms in total. The molecule has 2 atom stereocenters. The van der Waals surface area contributed by atoms with Gasteiger partial charge in [-0.2, -0.15) is 0 Å². The first-order chi connectivity index (χ1) is 8.99. The van der Waals surface area contributed by atoms with Crippen LogP contribution in [0.3, 0.4) is 0 Å². The first kappa shape index (κ1) is 14.1. The van der Waals surface area contributed by atoms with Crippen LogP contribution in [0, 0.1) is 0 Å². The molecule has 1 aromatic rings. The van der Waals surface area contributed by atoms with E-state index in [2.05, 4.69) is 22.0 Å². The van der Waals surface area contributed by atoms with Gasteiger partial charge in [-0.3, -0.25) is 9.36 Å². The smallest absolute Gasteiger partial charge is 0.313 e. The summed E-state index contributed by atoms with van der Waals surface area (Å²) in [6.45, 7) is 5.52. The number of carbonyl (C=O) groups is 1. The highest BCUT2D eigenvalue weighted by molar-refractivity contribution is 7.99. The van der Waals surface area contributed by atoms with Crippen molar-refractivity contribution < 1.29 is 14.6 Å². The predicted molar refractivity (Wildman–Crippen MR) is 71.6 cm³/mol. The van der Waals surface area contributed by atoms with Crippen molar-refractivity contribution in [1.29, 1.82) is 0 Å². The van der Waals surface area contributed by atoms with Gasteiger partial charge in [0.05, 0.1) is 24.5 Å². The second kappa shape index (κ2) is 5.79. The standard InChI is InChI=1S/C11H18N4O3S/c1-7-5-18-8(2)4-15(7)10-12-13-11(14(10)3)19-6-9(16)17/h7-8H,4-6H2,1-3H3,(H,16,17). The lowest BCUT2D eigenvalue weighted by Gasteiger charge is -2.37. The van der Waals surface area contributed by atoms with Crippen molar-refractivity contribution in [2.75, 3.05) is 23.8 Å². The number of hydrogen-bond acceptors (Lipinski definition) is 6. The summed E-state index contributed by atoms with van der Waals surface area (Å²) in [7, 11) is 1.85. The number of carboxylic acid groups (broad SMARTS) is 1. The van der Waals surface area contributed by atoms with Crippen LogP contribution in [0.2, 0.25) is 0 Å². The lowest BCUT2D eigenvalue weighted by Crippen LogP contribution is -2.48. The molecule has 0 radical (unpaired) electrons. The Bertz CT molecular complexity index is 465. The summed E-state index contributed by atoms with van der Waals surface area (Å²) in [5, 5.41) is 17.5. The Balaban J connectivity index is 2.14. The Labute approximate surface area is 115 Å². The van der Waals surface area contributed by atoms with Gasteiger partial charge in [-0.25, -0.2) is 0 Å². The van der Waals surface area contributed by atoms with Gasteiger partial charge in [0.1, 0.15) is 0 Å². The average molecular weight is 286 g/mol. The lowest BCUT2D eigenvalue weighted by atomic mass is 10.2. The molecule has 8 heteroatoms. The van der Waals surface area contributed by atoms with E-state index in [4.69, 9.17) is 9.84 Å². The molecular formula is C11H18N4O3S. The third-order valence-electron chi connectivity index (χ3n) is 3.00. The van der Waals surface area contributed by atoms with Gasteiger partial charge < -0.3 is 14.7 Å². The summed E-state index contributed by atoms with van der Waals surface area (Å²) in [5.74, 6) is -0.112. The van der Waals surface area contributed by atoms with Gasteiger partial charge in [0, 0.05) is 13.6 Å². The summed E-state index contributed by atoms with van der Waals surface area (Å²) in [6, 6.07) is 0.233. The van der Waals surface area contributed by atoms with E-state index in [1.807, 2.05) is 18.5 Å². The molecule has 0 spiro atoms. The van der Waals surface area contributed by atoms with E-state index in [0.717, 1.165) is 12.5 Å². The number of aromatic nitrogens is 3. The molecule has 1 aliphatic rings. The van der Waals surface area contributed by atoms with Crippen molar-refractivity contribution in [2.45, 2.75) is 31.1 Å². The summed E-state index contributed by atoms with van der Waals surface area (Å²) < 4.78 is 7.42. The predicted octanol–water partition coefficient (Wildman–Crippen LogP) is 0.605. The maximum Gasteiger partial charge on any atom is 0.313 e. The molecule has 1 fully saturated rings. The van der Waals surface area contributed by atoms with Gasteiger partial charge in [0.25, 0.3) is 0 Å². The number of thioether (sulfide) groups is 1. The zero-order valence-electron chi connectivity index (χ0n) is 11.2. The molecule has 19 heavy (non-hydrogen) atoms. The van der Waals surface area contributed by atoms with E-state index in [1.54, 1.807) is 0 Å². The van der Waals surface area contributed by atoms with Crippen LogP contribution in [-0.2, 0) is 16.6 Å². The van der Waals surface area contributed by atoms with Crippen LogP contribution in [0.15, 0.2) is 5.16 Å². The Morgan fingerprint density at radius 2 is 2.26 bits per heavy atom. The molecule has 0 saturated carbocycles. The van der Waals surface area contributed by atoms with Crippen molar-refractivity contribution in [2.24, 2.45) is 7.05 Å². The molecule has 0 aliphatic carbocycles. The highest BCUT2D eigenvalue weighted by Crippen LogP contribution is 2.24. The van der Waals surface area contributed by atoms with E-state index in [0.29, 0.717) is 11.8 Å². The topological polar surface area (TPSA) is 80.5 Å². The van der Waals surface area contributed by atoms with Crippen LogP contribution < -0.4 is 4.90 Å². The molecule has 1 aliphatic heterocycles. The number of anilines is 1. The largest absolute Gasteiger partial charge is 0.481 e. The second-order valence-electron chi connectivity index (χ2n) is 4.67. The highest BCUT2D eigenvalue weighted by Gasteiger charge is 2.27. The monoisotopic (exact) mass is 286 g/mol. The third-order valence-corrected chi connectivity index (χ3v) is 4.01. The summed E-state index contributed by atoms with van der Waals surface area (Å²) in [4.78, 5) is 12.7. The molecule has 2 rings (SSSR count). The molecule has 0 aromatic carbocycles. The third kappa shape index (κ3) is 3.19. The molecule has 1 aromatic heterocycles. The maximum atomic E-state index is 10.6. The SMILES string of the molecule is CC1CN(c2nnc(SCC(=O)O)n2C)C(C)CO1. The molecule has 1 N–H and O–H groups in total. The molecule has 1 saturated heterocycles. The fourth-order valence-corrected chi connectivity index (χ4v) is 2.62. The van der Waals surface area contributed by atoms with Crippen molar-refractivity contribution in [3.63, 3.8) is 0 Å². The maximum absolute atomic E-state index is 10.6. The van der Waals surface area contributed by atoms with E-state index in [1.165, 1.54) is 11.8 Å². The number of morpholine rings is 1. The van der Waals surface area contributed by atoms with Gasteiger partial charge >= 0.3 is 5.97 Å². The van der Waals surface area contributed by atoms with Gasteiger partial charge in [0.15, 0.2) is 5.16 Å². The van der Waals surface area contributed by atoms with Crippen molar-refractivity contribution >= 4 is 23.7 Å². The zero-order valence-corrected chi connectivity index (χ0v) is 12.1. The fourth-order valence-electron chi connectivity index (χ4n) is 1.99. The molecule has 106 valence electrons. The number of hydrogen-bond donors (Lipinski definition) is 1. The van der Waals surface area contributed by atoms with Crippen molar-refractivity contribution in [1.82, 2.24) is 14.8 Å². The molecule has 0 amide bonds. The van der Waals surface area contributed by atoms with Crippen molar-refractivity contribution in [3.05, 3.63) is 0 Å². The first-order valence-corrected chi connectivity index (χ1v) is 7.09. The van der Waals surface area contributed by atoms with Gasteiger partial charge in [0.2, 0.25) is 5.95 Å². The van der Waals surface area contributed by atoms with Crippen LogP contribution in [0.1, 0.15) is 13.8 Å². The quantitative estimate of drug-likeness (QED) is 0.812. The lowest BCUT2D eigenvalue weighted by molar-refractivity contribution is -0.133. The number of ether oxygens (including phenoxy) is 1. The minimum Gasteiger partial charge on any atom is -0.481 e.